The maximum absolute atomic E-state index is 8.73. The van der Waals surface area contributed by atoms with Crippen LogP contribution in [0.25, 0.3) is 0 Å². The van der Waals surface area contributed by atoms with E-state index in [0.717, 1.165) is 12.8 Å². The molecule has 1 unspecified atom stereocenters. The number of amidine groups is 1. The molecule has 1 aromatic heterocycles. The summed E-state index contributed by atoms with van der Waals surface area (Å²) < 4.78 is 5.81. The van der Waals surface area contributed by atoms with Crippen molar-refractivity contribution in [3.05, 3.63) is 24.0 Å². The predicted octanol–water partition coefficient (Wildman–Crippen LogP) is 2.91. The molecule has 0 aliphatic heterocycles. The molecule has 1 rings (SSSR count). The Hall–Kier alpha value is -1.78. The van der Waals surface area contributed by atoms with Gasteiger partial charge in [-0.25, -0.2) is 0 Å². The number of pyridine rings is 1. The van der Waals surface area contributed by atoms with Gasteiger partial charge in [0.15, 0.2) is 5.84 Å². The highest BCUT2D eigenvalue weighted by Crippen LogP contribution is 2.19. The van der Waals surface area contributed by atoms with E-state index in [4.69, 9.17) is 15.7 Å². The lowest BCUT2D eigenvalue weighted by molar-refractivity contribution is 0.205. The van der Waals surface area contributed by atoms with Gasteiger partial charge < -0.3 is 15.7 Å². The van der Waals surface area contributed by atoms with Crippen molar-refractivity contribution in [2.75, 3.05) is 0 Å². The summed E-state index contributed by atoms with van der Waals surface area (Å²) >= 11 is 0. The van der Waals surface area contributed by atoms with Gasteiger partial charge in [-0.2, -0.15) is 0 Å². The second kappa shape index (κ2) is 8.34. The molecule has 0 aliphatic carbocycles. The molecule has 0 spiro atoms. The molecule has 5 heteroatoms. The van der Waals surface area contributed by atoms with E-state index in [-0.39, 0.29) is 11.9 Å². The summed E-state index contributed by atoms with van der Waals surface area (Å²) in [6, 6.07) is 1.67. The zero-order valence-corrected chi connectivity index (χ0v) is 11.7. The van der Waals surface area contributed by atoms with Gasteiger partial charge in [0.25, 0.3) is 0 Å². The van der Waals surface area contributed by atoms with Gasteiger partial charge in [0.2, 0.25) is 0 Å². The predicted molar refractivity (Wildman–Crippen MR) is 75.6 cm³/mol. The Labute approximate surface area is 114 Å². The van der Waals surface area contributed by atoms with Gasteiger partial charge in [-0.15, -0.1) is 0 Å². The van der Waals surface area contributed by atoms with E-state index in [2.05, 4.69) is 17.1 Å². The number of rotatable bonds is 8. The van der Waals surface area contributed by atoms with Crippen LogP contribution < -0.4 is 10.5 Å². The summed E-state index contributed by atoms with van der Waals surface area (Å²) in [5.41, 5.74) is 6.17. The van der Waals surface area contributed by atoms with E-state index in [0.29, 0.717) is 11.3 Å². The standard InChI is InChI=1S/C14H23N3O2/c1-3-4-5-6-7-11(2)19-13-10-16-9-8-12(13)14(15)17-18/h8-11,18H,3-7H2,1-2H3,(H2,15,17). The average molecular weight is 265 g/mol. The van der Waals surface area contributed by atoms with Gasteiger partial charge in [-0.3, -0.25) is 4.98 Å². The molecule has 106 valence electrons. The number of hydrogen-bond acceptors (Lipinski definition) is 4. The number of aromatic nitrogens is 1. The van der Waals surface area contributed by atoms with Crippen molar-refractivity contribution in [2.45, 2.75) is 52.1 Å². The van der Waals surface area contributed by atoms with Crippen LogP contribution in [0.2, 0.25) is 0 Å². The molecule has 0 saturated heterocycles. The van der Waals surface area contributed by atoms with E-state index < -0.39 is 0 Å². The molecule has 3 N–H and O–H groups in total. The summed E-state index contributed by atoms with van der Waals surface area (Å²) in [5.74, 6) is 0.594. The first kappa shape index (κ1) is 15.3. The highest BCUT2D eigenvalue weighted by atomic mass is 16.5. The third-order valence-corrected chi connectivity index (χ3v) is 2.96. The normalized spacial score (nSPS) is 13.3. The van der Waals surface area contributed by atoms with E-state index in [9.17, 15) is 0 Å². The summed E-state index contributed by atoms with van der Waals surface area (Å²) in [6.45, 7) is 4.22. The van der Waals surface area contributed by atoms with Gasteiger partial charge in [-0.05, 0) is 25.8 Å². The van der Waals surface area contributed by atoms with Gasteiger partial charge in [0, 0.05) is 6.20 Å². The Morgan fingerprint density at radius 2 is 2.26 bits per heavy atom. The van der Waals surface area contributed by atoms with Crippen molar-refractivity contribution < 1.29 is 9.94 Å². The van der Waals surface area contributed by atoms with Crippen LogP contribution in [-0.4, -0.2) is 22.1 Å². The Balaban J connectivity index is 2.56. The second-order valence-electron chi connectivity index (χ2n) is 4.63. The highest BCUT2D eigenvalue weighted by Gasteiger charge is 2.11. The quantitative estimate of drug-likeness (QED) is 0.249. The number of nitrogens with zero attached hydrogens (tertiary/aromatic N) is 2. The SMILES string of the molecule is CCCCCCC(C)Oc1cnccc1/C(N)=N/O. The summed E-state index contributed by atoms with van der Waals surface area (Å²) in [4.78, 5) is 4.01. The molecule has 0 aromatic carbocycles. The van der Waals surface area contributed by atoms with Crippen LogP contribution in [0, 0.1) is 0 Å². The highest BCUT2D eigenvalue weighted by molar-refractivity contribution is 5.99. The van der Waals surface area contributed by atoms with Crippen molar-refractivity contribution in [3.63, 3.8) is 0 Å². The van der Waals surface area contributed by atoms with Crippen LogP contribution >= 0.6 is 0 Å². The largest absolute Gasteiger partial charge is 0.488 e. The molecule has 0 radical (unpaired) electrons. The maximum Gasteiger partial charge on any atom is 0.173 e. The minimum absolute atomic E-state index is 0.0376. The zero-order valence-electron chi connectivity index (χ0n) is 11.7. The van der Waals surface area contributed by atoms with E-state index >= 15 is 0 Å². The van der Waals surface area contributed by atoms with E-state index in [1.165, 1.54) is 19.3 Å². The first-order valence-corrected chi connectivity index (χ1v) is 6.77. The maximum atomic E-state index is 8.73. The zero-order chi connectivity index (χ0) is 14.1. The molecule has 0 amide bonds. The van der Waals surface area contributed by atoms with E-state index in [1.54, 1.807) is 18.5 Å². The fourth-order valence-corrected chi connectivity index (χ4v) is 1.87. The smallest absolute Gasteiger partial charge is 0.173 e. The van der Waals surface area contributed by atoms with Gasteiger partial charge in [0.05, 0.1) is 17.9 Å². The number of nitrogens with two attached hydrogens (primary N) is 1. The second-order valence-corrected chi connectivity index (χ2v) is 4.63. The third kappa shape index (κ3) is 5.16. The van der Waals surface area contributed by atoms with Crippen LogP contribution in [0.5, 0.6) is 5.75 Å². The van der Waals surface area contributed by atoms with Crippen LogP contribution in [-0.2, 0) is 0 Å². The lowest BCUT2D eigenvalue weighted by Crippen LogP contribution is -2.18. The van der Waals surface area contributed by atoms with Crippen molar-refractivity contribution in [1.29, 1.82) is 0 Å². The average Bonchev–Trinajstić information content (AvgIpc) is 2.43. The van der Waals surface area contributed by atoms with Gasteiger partial charge >= 0.3 is 0 Å². The number of hydrogen-bond donors (Lipinski definition) is 2. The topological polar surface area (TPSA) is 80.7 Å². The summed E-state index contributed by atoms with van der Waals surface area (Å²) in [7, 11) is 0. The fourth-order valence-electron chi connectivity index (χ4n) is 1.87. The Kier molecular flexibility index (Phi) is 6.71. The molecular weight excluding hydrogens is 242 g/mol. The minimum Gasteiger partial charge on any atom is -0.488 e. The number of ether oxygens (including phenoxy) is 1. The minimum atomic E-state index is 0.0376. The van der Waals surface area contributed by atoms with Crippen molar-refractivity contribution in [1.82, 2.24) is 4.98 Å². The molecule has 0 saturated carbocycles. The lowest BCUT2D eigenvalue weighted by atomic mass is 10.1. The summed E-state index contributed by atoms with van der Waals surface area (Å²) in [5, 5.41) is 11.7. The number of unbranched alkanes of at least 4 members (excludes halogenated alkanes) is 3. The van der Waals surface area contributed by atoms with E-state index in [1.807, 2.05) is 6.92 Å². The van der Waals surface area contributed by atoms with Crippen LogP contribution in [0.15, 0.2) is 23.6 Å². The molecule has 0 fully saturated rings. The lowest BCUT2D eigenvalue weighted by Gasteiger charge is -2.16. The van der Waals surface area contributed by atoms with Crippen molar-refractivity contribution in [2.24, 2.45) is 10.9 Å². The van der Waals surface area contributed by atoms with Crippen LogP contribution in [0.3, 0.4) is 0 Å². The van der Waals surface area contributed by atoms with Crippen LogP contribution in [0.1, 0.15) is 51.5 Å². The molecule has 0 bridgehead atoms. The molecule has 1 aromatic rings. The van der Waals surface area contributed by atoms with Crippen molar-refractivity contribution >= 4 is 5.84 Å². The van der Waals surface area contributed by atoms with Crippen LogP contribution in [0.4, 0.5) is 0 Å². The van der Waals surface area contributed by atoms with Crippen molar-refractivity contribution in [3.8, 4) is 5.75 Å². The summed E-state index contributed by atoms with van der Waals surface area (Å²) in [6.07, 6.45) is 9.12. The molecule has 1 heterocycles. The monoisotopic (exact) mass is 265 g/mol. The molecule has 19 heavy (non-hydrogen) atoms. The Morgan fingerprint density at radius 3 is 2.95 bits per heavy atom. The Bertz CT molecular complexity index is 407. The molecule has 1 atom stereocenters. The van der Waals surface area contributed by atoms with Gasteiger partial charge in [0.1, 0.15) is 5.75 Å². The molecular formula is C14H23N3O2. The number of oxime groups is 1. The first-order chi connectivity index (χ1) is 9.19. The third-order valence-electron chi connectivity index (χ3n) is 2.96. The first-order valence-electron chi connectivity index (χ1n) is 6.77. The molecule has 5 nitrogen and oxygen atoms in total. The Morgan fingerprint density at radius 1 is 1.47 bits per heavy atom. The molecule has 0 aliphatic rings. The fraction of sp³-hybridized carbons (Fsp3) is 0.571. The van der Waals surface area contributed by atoms with Gasteiger partial charge in [-0.1, -0.05) is 31.3 Å².